The number of H-pyrrole nitrogens is 2. The Labute approximate surface area is 187 Å². The Balaban J connectivity index is 1.49. The molecule has 1 fully saturated rings. The zero-order valence-corrected chi connectivity index (χ0v) is 18.4. The largest absolute Gasteiger partial charge is 0.490 e. The minimum absolute atomic E-state index is 0.297. The zero-order chi connectivity index (χ0) is 21.9. The molecule has 0 radical (unpaired) electrons. The minimum atomic E-state index is 0.297. The molecule has 0 aliphatic heterocycles. The fourth-order valence-corrected chi connectivity index (χ4v) is 4.50. The molecule has 5 rings (SSSR count). The van der Waals surface area contributed by atoms with Crippen molar-refractivity contribution in [3.63, 3.8) is 0 Å². The Hall–Kier alpha value is -3.60. The highest BCUT2D eigenvalue weighted by Crippen LogP contribution is 2.31. The van der Waals surface area contributed by atoms with Gasteiger partial charge in [0.2, 0.25) is 0 Å². The van der Waals surface area contributed by atoms with E-state index in [-0.39, 0.29) is 0 Å². The van der Waals surface area contributed by atoms with Crippen molar-refractivity contribution in [1.29, 1.82) is 0 Å². The zero-order valence-electron chi connectivity index (χ0n) is 18.4. The van der Waals surface area contributed by atoms with Gasteiger partial charge >= 0.3 is 0 Å². The molecule has 1 saturated carbocycles. The fraction of sp³-hybridized carbons (Fsp3) is 0.259. The number of aromatic amines is 2. The van der Waals surface area contributed by atoms with Crippen LogP contribution in [0.15, 0.2) is 73.3 Å². The fourth-order valence-electron chi connectivity index (χ4n) is 4.50. The molecule has 1 aliphatic rings. The van der Waals surface area contributed by atoms with Crippen molar-refractivity contribution in [2.45, 2.75) is 45.1 Å². The maximum Gasteiger partial charge on any atom is 0.119 e. The maximum atomic E-state index is 6.27. The number of nitrogens with one attached hydrogen (secondary N) is 2. The Kier molecular flexibility index (Phi) is 5.63. The van der Waals surface area contributed by atoms with E-state index in [2.05, 4.69) is 70.1 Å². The average molecular weight is 425 g/mol. The van der Waals surface area contributed by atoms with E-state index < -0.39 is 0 Å². The summed E-state index contributed by atoms with van der Waals surface area (Å²) in [6.07, 6.45) is 16.0. The number of hydrogen-bond acceptors (Lipinski definition) is 3. The summed E-state index contributed by atoms with van der Waals surface area (Å²) >= 11 is 0. The molecule has 0 saturated heterocycles. The molecule has 3 aromatic heterocycles. The van der Waals surface area contributed by atoms with Gasteiger partial charge in [-0.25, -0.2) is 0 Å². The lowest BCUT2D eigenvalue weighted by Gasteiger charge is -2.23. The molecule has 5 nitrogen and oxygen atoms in total. The Morgan fingerprint density at radius 2 is 2.00 bits per heavy atom. The van der Waals surface area contributed by atoms with Crippen molar-refractivity contribution < 1.29 is 4.74 Å². The van der Waals surface area contributed by atoms with Gasteiger partial charge in [-0.1, -0.05) is 25.1 Å². The first-order valence-corrected chi connectivity index (χ1v) is 11.3. The molecule has 162 valence electrons. The minimum Gasteiger partial charge on any atom is -0.490 e. The summed E-state index contributed by atoms with van der Waals surface area (Å²) in [5.41, 5.74) is 6.10. The van der Waals surface area contributed by atoms with Gasteiger partial charge in [-0.15, -0.1) is 0 Å². The first-order valence-electron chi connectivity index (χ1n) is 11.3. The first-order chi connectivity index (χ1) is 15.7. The molecule has 0 amide bonds. The standard InChI is InChI=1S/C27H28N4O/c1-3-18(14-21(4-2)32-22-8-6-5-7-9-22)19-10-11-24-23(15-19)27(31-30-24)25-16-20-12-13-28-17-26(20)29-25/h3-4,10-17,22,29H,2,5-9H2,1H3,(H,30,31)/b18-3+,21-14+. The lowest BCUT2D eigenvalue weighted by Crippen LogP contribution is -2.15. The maximum absolute atomic E-state index is 6.27. The summed E-state index contributed by atoms with van der Waals surface area (Å²) in [6.45, 7) is 6.03. The molecule has 1 aromatic carbocycles. The monoisotopic (exact) mass is 424 g/mol. The van der Waals surface area contributed by atoms with Crippen molar-refractivity contribution in [1.82, 2.24) is 20.2 Å². The average Bonchev–Trinajstić information content (AvgIpc) is 3.45. The molecule has 1 aliphatic carbocycles. The number of hydrogen-bond donors (Lipinski definition) is 2. The molecule has 4 aromatic rings. The van der Waals surface area contributed by atoms with Crippen molar-refractivity contribution in [2.75, 3.05) is 0 Å². The van der Waals surface area contributed by atoms with E-state index in [4.69, 9.17) is 4.74 Å². The summed E-state index contributed by atoms with van der Waals surface area (Å²) in [7, 11) is 0. The quantitative estimate of drug-likeness (QED) is 0.260. The lowest BCUT2D eigenvalue weighted by molar-refractivity contribution is 0.0903. The van der Waals surface area contributed by atoms with E-state index in [9.17, 15) is 0 Å². The summed E-state index contributed by atoms with van der Waals surface area (Å²) in [5, 5.41) is 9.94. The van der Waals surface area contributed by atoms with Gasteiger partial charge in [0.1, 0.15) is 11.5 Å². The number of allylic oxidation sites excluding steroid dienone is 4. The normalized spacial score (nSPS) is 16.0. The van der Waals surface area contributed by atoms with Gasteiger partial charge in [-0.2, -0.15) is 5.10 Å². The molecule has 0 atom stereocenters. The van der Waals surface area contributed by atoms with Gasteiger partial charge in [0, 0.05) is 17.0 Å². The molecule has 2 N–H and O–H groups in total. The summed E-state index contributed by atoms with van der Waals surface area (Å²) < 4.78 is 6.27. The SMILES string of the molecule is C=C/C(=C\C(=C/C)c1ccc2[nH]nc(-c3cc4ccncc4[nH]3)c2c1)OC1CCCCC1. The van der Waals surface area contributed by atoms with Gasteiger partial charge in [-0.05, 0) is 80.2 Å². The van der Waals surface area contributed by atoms with E-state index in [1.807, 2.05) is 18.3 Å². The van der Waals surface area contributed by atoms with Crippen LogP contribution in [0.2, 0.25) is 0 Å². The van der Waals surface area contributed by atoms with Gasteiger partial charge in [0.15, 0.2) is 0 Å². The molecule has 0 spiro atoms. The molecule has 5 heteroatoms. The summed E-state index contributed by atoms with van der Waals surface area (Å²) in [4.78, 5) is 7.64. The van der Waals surface area contributed by atoms with Crippen LogP contribution in [0.1, 0.15) is 44.6 Å². The van der Waals surface area contributed by atoms with Crippen LogP contribution >= 0.6 is 0 Å². The summed E-state index contributed by atoms with van der Waals surface area (Å²) in [5.74, 6) is 0.834. The van der Waals surface area contributed by atoms with Crippen molar-refractivity contribution in [3.8, 4) is 11.4 Å². The molecule has 32 heavy (non-hydrogen) atoms. The Morgan fingerprint density at radius 1 is 1.12 bits per heavy atom. The number of ether oxygens (including phenoxy) is 1. The van der Waals surface area contributed by atoms with Crippen molar-refractivity contribution in [2.24, 2.45) is 0 Å². The number of fused-ring (bicyclic) bond motifs is 2. The number of rotatable bonds is 6. The highest BCUT2D eigenvalue weighted by atomic mass is 16.5. The van der Waals surface area contributed by atoms with Gasteiger partial charge < -0.3 is 9.72 Å². The van der Waals surface area contributed by atoms with E-state index in [0.29, 0.717) is 6.10 Å². The lowest BCUT2D eigenvalue weighted by atomic mass is 9.97. The van der Waals surface area contributed by atoms with Gasteiger partial charge in [0.05, 0.1) is 29.0 Å². The first kappa shape index (κ1) is 20.3. The second-order valence-corrected chi connectivity index (χ2v) is 8.35. The van der Waals surface area contributed by atoms with Gasteiger partial charge in [-0.3, -0.25) is 10.1 Å². The van der Waals surface area contributed by atoms with Crippen molar-refractivity contribution in [3.05, 3.63) is 78.9 Å². The Bertz CT molecular complexity index is 1280. The second kappa shape index (κ2) is 8.87. The van der Waals surface area contributed by atoms with Gasteiger partial charge in [0.25, 0.3) is 0 Å². The Morgan fingerprint density at radius 3 is 2.78 bits per heavy atom. The van der Waals surface area contributed by atoms with Crippen LogP contribution in [-0.2, 0) is 4.74 Å². The highest BCUT2D eigenvalue weighted by molar-refractivity contribution is 5.97. The topological polar surface area (TPSA) is 66.6 Å². The number of nitrogens with zero attached hydrogens (tertiary/aromatic N) is 2. The molecular formula is C27H28N4O. The molecular weight excluding hydrogens is 396 g/mol. The predicted molar refractivity (Wildman–Crippen MR) is 131 cm³/mol. The second-order valence-electron chi connectivity index (χ2n) is 8.35. The molecule has 0 bridgehead atoms. The highest BCUT2D eigenvalue weighted by Gasteiger charge is 2.16. The van der Waals surface area contributed by atoms with Crippen LogP contribution in [-0.4, -0.2) is 26.3 Å². The van der Waals surface area contributed by atoms with Crippen LogP contribution in [0.5, 0.6) is 0 Å². The van der Waals surface area contributed by atoms with Crippen LogP contribution in [0, 0.1) is 0 Å². The van der Waals surface area contributed by atoms with Crippen LogP contribution in [0.4, 0.5) is 0 Å². The number of benzene rings is 1. The van der Waals surface area contributed by atoms with E-state index in [1.165, 1.54) is 19.3 Å². The predicted octanol–water partition coefficient (Wildman–Crippen LogP) is 6.93. The van der Waals surface area contributed by atoms with Crippen LogP contribution in [0.3, 0.4) is 0 Å². The van der Waals surface area contributed by atoms with Crippen LogP contribution in [0.25, 0.3) is 38.8 Å². The molecule has 0 unspecified atom stereocenters. The van der Waals surface area contributed by atoms with E-state index in [1.54, 1.807) is 6.20 Å². The number of pyridine rings is 1. The molecule has 3 heterocycles. The smallest absolute Gasteiger partial charge is 0.119 e. The third-order valence-corrected chi connectivity index (χ3v) is 6.24. The van der Waals surface area contributed by atoms with E-state index in [0.717, 1.165) is 62.9 Å². The number of aromatic nitrogens is 4. The van der Waals surface area contributed by atoms with E-state index >= 15 is 0 Å². The van der Waals surface area contributed by atoms with Crippen LogP contribution < -0.4 is 0 Å². The van der Waals surface area contributed by atoms with Crippen molar-refractivity contribution >= 4 is 27.4 Å². The third-order valence-electron chi connectivity index (χ3n) is 6.24. The third kappa shape index (κ3) is 3.98. The summed E-state index contributed by atoms with van der Waals surface area (Å²) in [6, 6.07) is 10.5.